The second-order valence-corrected chi connectivity index (χ2v) is 4.51. The van der Waals surface area contributed by atoms with Crippen molar-refractivity contribution in [2.75, 3.05) is 6.54 Å². The number of hydrogen-bond acceptors (Lipinski definition) is 1. The van der Waals surface area contributed by atoms with Crippen LogP contribution in [0.1, 0.15) is 35.6 Å². The lowest BCUT2D eigenvalue weighted by molar-refractivity contribution is 0.643. The smallest absolute Gasteiger partial charge is 0.0438 e. The zero-order valence-electron chi connectivity index (χ0n) is 8.73. The zero-order valence-corrected chi connectivity index (χ0v) is 9.49. The van der Waals surface area contributed by atoms with Crippen molar-refractivity contribution in [1.82, 2.24) is 5.32 Å². The van der Waals surface area contributed by atoms with Crippen LogP contribution >= 0.6 is 11.6 Å². The fraction of sp³-hybridized carbons (Fsp3) is 0.500. The van der Waals surface area contributed by atoms with Crippen LogP contribution in [-0.2, 0) is 0 Å². The molecule has 1 unspecified atom stereocenters. The molecule has 76 valence electrons. The van der Waals surface area contributed by atoms with Gasteiger partial charge in [0.1, 0.15) is 0 Å². The molecule has 14 heavy (non-hydrogen) atoms. The van der Waals surface area contributed by atoms with Crippen LogP contribution < -0.4 is 5.32 Å². The van der Waals surface area contributed by atoms with Crippen LogP contribution in [0.5, 0.6) is 0 Å². The van der Waals surface area contributed by atoms with Gasteiger partial charge in [0.2, 0.25) is 0 Å². The van der Waals surface area contributed by atoms with Crippen LogP contribution in [-0.4, -0.2) is 6.54 Å². The van der Waals surface area contributed by atoms with Gasteiger partial charge in [-0.25, -0.2) is 0 Å². The first-order valence-corrected chi connectivity index (χ1v) is 5.56. The molecular formula is C12H16ClN. The lowest BCUT2D eigenvalue weighted by Gasteiger charge is -2.15. The van der Waals surface area contributed by atoms with Crippen molar-refractivity contribution in [3.05, 3.63) is 33.8 Å². The number of nitrogens with one attached hydrogen (secondary N) is 1. The molecule has 0 aliphatic carbocycles. The first-order chi connectivity index (χ1) is 6.68. The molecule has 0 radical (unpaired) electrons. The molecule has 1 nitrogen and oxygen atoms in total. The normalized spacial score (nSPS) is 21.5. The molecule has 1 aliphatic rings. The van der Waals surface area contributed by atoms with E-state index in [1.165, 1.54) is 29.5 Å². The third-order valence-electron chi connectivity index (χ3n) is 2.98. The molecular weight excluding hydrogens is 194 g/mol. The summed E-state index contributed by atoms with van der Waals surface area (Å²) in [4.78, 5) is 0. The molecule has 0 bridgehead atoms. The summed E-state index contributed by atoms with van der Waals surface area (Å²) in [6, 6.07) is 4.82. The fourth-order valence-corrected chi connectivity index (χ4v) is 2.34. The van der Waals surface area contributed by atoms with E-state index >= 15 is 0 Å². The zero-order chi connectivity index (χ0) is 10.1. The van der Waals surface area contributed by atoms with Gasteiger partial charge in [0.05, 0.1) is 0 Å². The van der Waals surface area contributed by atoms with Crippen molar-refractivity contribution in [2.45, 2.75) is 32.7 Å². The van der Waals surface area contributed by atoms with Crippen molar-refractivity contribution in [3.63, 3.8) is 0 Å². The molecule has 1 fully saturated rings. The van der Waals surface area contributed by atoms with Gasteiger partial charge in [-0.2, -0.15) is 0 Å². The van der Waals surface area contributed by atoms with Crippen molar-refractivity contribution in [3.8, 4) is 0 Å². The van der Waals surface area contributed by atoms with E-state index in [2.05, 4.69) is 31.3 Å². The Hall–Kier alpha value is -0.530. The van der Waals surface area contributed by atoms with E-state index in [9.17, 15) is 0 Å². The maximum atomic E-state index is 6.14. The van der Waals surface area contributed by atoms with Gasteiger partial charge in [0, 0.05) is 11.1 Å². The molecule has 1 aromatic carbocycles. The second-order valence-electron chi connectivity index (χ2n) is 4.11. The van der Waals surface area contributed by atoms with Crippen LogP contribution in [0.3, 0.4) is 0 Å². The van der Waals surface area contributed by atoms with Crippen LogP contribution in [0.2, 0.25) is 5.02 Å². The predicted octanol–water partition coefficient (Wildman–Crippen LogP) is 3.38. The second kappa shape index (κ2) is 3.92. The van der Waals surface area contributed by atoms with Crippen LogP contribution in [0, 0.1) is 13.8 Å². The molecule has 1 saturated heterocycles. The number of aryl methyl sites for hydroxylation is 2. The molecule has 1 heterocycles. The van der Waals surface area contributed by atoms with Crippen LogP contribution in [0.15, 0.2) is 12.1 Å². The molecule has 2 heteroatoms. The molecule has 2 rings (SSSR count). The highest BCUT2D eigenvalue weighted by atomic mass is 35.5. The minimum Gasteiger partial charge on any atom is -0.310 e. The molecule has 1 N–H and O–H groups in total. The summed E-state index contributed by atoms with van der Waals surface area (Å²) in [5.74, 6) is 0. The average Bonchev–Trinajstić information content (AvgIpc) is 2.64. The van der Waals surface area contributed by atoms with Gasteiger partial charge in [-0.05, 0) is 56.0 Å². The number of hydrogen-bond donors (Lipinski definition) is 1. The Kier molecular flexibility index (Phi) is 2.80. The Morgan fingerprint density at radius 2 is 2.07 bits per heavy atom. The Morgan fingerprint density at radius 1 is 1.29 bits per heavy atom. The summed E-state index contributed by atoms with van der Waals surface area (Å²) >= 11 is 6.14. The van der Waals surface area contributed by atoms with Gasteiger partial charge in [-0.1, -0.05) is 17.7 Å². The number of benzene rings is 1. The Bertz CT molecular complexity index is 340. The van der Waals surface area contributed by atoms with Crippen molar-refractivity contribution in [2.24, 2.45) is 0 Å². The van der Waals surface area contributed by atoms with Gasteiger partial charge in [0.25, 0.3) is 0 Å². The van der Waals surface area contributed by atoms with E-state index in [-0.39, 0.29) is 0 Å². The van der Waals surface area contributed by atoms with Crippen LogP contribution in [0.4, 0.5) is 0 Å². The molecule has 0 saturated carbocycles. The molecule has 0 aromatic heterocycles. The summed E-state index contributed by atoms with van der Waals surface area (Å²) in [7, 11) is 0. The fourth-order valence-electron chi connectivity index (χ4n) is 2.17. The summed E-state index contributed by atoms with van der Waals surface area (Å²) < 4.78 is 0. The summed E-state index contributed by atoms with van der Waals surface area (Å²) in [5, 5.41) is 4.39. The lowest BCUT2D eigenvalue weighted by Crippen LogP contribution is -2.14. The SMILES string of the molecule is Cc1cc(C)c(C2CCCN2)cc1Cl. The number of rotatable bonds is 1. The van der Waals surface area contributed by atoms with Gasteiger partial charge >= 0.3 is 0 Å². The Morgan fingerprint density at radius 3 is 2.71 bits per heavy atom. The third kappa shape index (κ3) is 1.79. The quantitative estimate of drug-likeness (QED) is 0.748. The van der Waals surface area contributed by atoms with E-state index in [0.717, 1.165) is 11.6 Å². The number of halogens is 1. The highest BCUT2D eigenvalue weighted by Crippen LogP contribution is 2.29. The van der Waals surface area contributed by atoms with Crippen molar-refractivity contribution < 1.29 is 0 Å². The monoisotopic (exact) mass is 209 g/mol. The van der Waals surface area contributed by atoms with Gasteiger partial charge < -0.3 is 5.32 Å². The highest BCUT2D eigenvalue weighted by Gasteiger charge is 2.18. The average molecular weight is 210 g/mol. The summed E-state index contributed by atoms with van der Waals surface area (Å²) in [6.45, 7) is 5.36. The third-order valence-corrected chi connectivity index (χ3v) is 3.39. The maximum absolute atomic E-state index is 6.14. The first kappa shape index (κ1) is 10.0. The van der Waals surface area contributed by atoms with Gasteiger partial charge in [-0.3, -0.25) is 0 Å². The summed E-state index contributed by atoms with van der Waals surface area (Å²) in [6.07, 6.45) is 2.51. The Balaban J connectivity index is 2.37. The van der Waals surface area contributed by atoms with Gasteiger partial charge in [0.15, 0.2) is 0 Å². The van der Waals surface area contributed by atoms with E-state index in [1.54, 1.807) is 0 Å². The largest absolute Gasteiger partial charge is 0.310 e. The van der Waals surface area contributed by atoms with E-state index in [1.807, 2.05) is 0 Å². The molecule has 1 aromatic rings. The predicted molar refractivity (Wildman–Crippen MR) is 60.9 cm³/mol. The topological polar surface area (TPSA) is 12.0 Å². The van der Waals surface area contributed by atoms with Crippen molar-refractivity contribution >= 4 is 11.6 Å². The van der Waals surface area contributed by atoms with Crippen LogP contribution in [0.25, 0.3) is 0 Å². The minimum atomic E-state index is 0.521. The lowest BCUT2D eigenvalue weighted by atomic mass is 9.98. The first-order valence-electron chi connectivity index (χ1n) is 5.18. The standard InChI is InChI=1S/C12H16ClN/c1-8-6-9(2)11(13)7-10(8)12-4-3-5-14-12/h6-7,12,14H,3-5H2,1-2H3. The summed E-state index contributed by atoms with van der Waals surface area (Å²) in [5.41, 5.74) is 3.90. The highest BCUT2D eigenvalue weighted by molar-refractivity contribution is 6.31. The Labute approximate surface area is 90.5 Å². The molecule has 0 spiro atoms. The van der Waals surface area contributed by atoms with E-state index < -0.39 is 0 Å². The van der Waals surface area contributed by atoms with E-state index in [0.29, 0.717) is 6.04 Å². The molecule has 0 amide bonds. The minimum absolute atomic E-state index is 0.521. The molecule has 1 atom stereocenters. The van der Waals surface area contributed by atoms with Gasteiger partial charge in [-0.15, -0.1) is 0 Å². The van der Waals surface area contributed by atoms with Crippen molar-refractivity contribution in [1.29, 1.82) is 0 Å². The van der Waals surface area contributed by atoms with E-state index in [4.69, 9.17) is 11.6 Å². The molecule has 1 aliphatic heterocycles. The maximum Gasteiger partial charge on any atom is 0.0438 e.